The molecule has 1 aliphatic heterocycles. The monoisotopic (exact) mass is 353 g/mol. The van der Waals surface area contributed by atoms with E-state index >= 15 is 0 Å². The maximum absolute atomic E-state index is 10.1. The van der Waals surface area contributed by atoms with Crippen molar-refractivity contribution >= 4 is 28.7 Å². The van der Waals surface area contributed by atoms with Crippen LogP contribution in [0, 0.1) is 0 Å². The summed E-state index contributed by atoms with van der Waals surface area (Å²) in [4.78, 5) is 10.1. The number of hydrogen-bond donors (Lipinski definition) is 3. The Bertz CT molecular complexity index is 179. The van der Waals surface area contributed by atoms with E-state index in [1.54, 1.807) is 0 Å². The van der Waals surface area contributed by atoms with Crippen LogP contribution in [0.1, 0.15) is 0 Å². The second-order valence-corrected chi connectivity index (χ2v) is 4.22. The van der Waals surface area contributed by atoms with Gasteiger partial charge in [0.2, 0.25) is 0 Å². The molecule has 0 aliphatic carbocycles. The van der Waals surface area contributed by atoms with E-state index in [1.165, 1.54) is 0 Å². The summed E-state index contributed by atoms with van der Waals surface area (Å²) in [5, 5.41) is 27.1. The first-order chi connectivity index (χ1) is 6.20. The molecule has 0 aromatic carbocycles. The molecule has 9 N–H and O–H groups in total. The third-order valence-electron chi connectivity index (χ3n) is 1.72. The summed E-state index contributed by atoms with van der Waals surface area (Å²) < 4.78 is 10.1. The van der Waals surface area contributed by atoms with Gasteiger partial charge < -0.3 is 16.4 Å². The Morgan fingerprint density at radius 2 is 1.81 bits per heavy atom. The second kappa shape index (κ2) is 10.3. The van der Waals surface area contributed by atoms with Gasteiger partial charge in [0.05, 0.1) is 0 Å². The van der Waals surface area contributed by atoms with Crippen molar-refractivity contribution in [3.8, 4) is 0 Å². The molecule has 1 aliphatic rings. The third kappa shape index (κ3) is 5.00. The number of rotatable bonds is 4. The van der Waals surface area contributed by atoms with E-state index in [-0.39, 0.29) is 29.3 Å². The molecule has 99 valence electrons. The molecule has 16 heavy (non-hydrogen) atoms. The first-order valence-corrected chi connectivity index (χ1v) is 5.73. The molecule has 1 radical (unpaired) electrons. The second-order valence-electron chi connectivity index (χ2n) is 2.59. The fourth-order valence-electron chi connectivity index (χ4n) is 0.952. The van der Waals surface area contributed by atoms with Crippen molar-refractivity contribution in [1.82, 2.24) is 0 Å². The summed E-state index contributed by atoms with van der Waals surface area (Å²) in [5.74, 6) is 0. The van der Waals surface area contributed by atoms with Crippen molar-refractivity contribution < 1.29 is 42.6 Å². The molecule has 9 nitrogen and oxygen atoms in total. The van der Waals surface area contributed by atoms with Crippen molar-refractivity contribution in [3.05, 3.63) is 0 Å². The molecule has 0 aromatic heterocycles. The van der Waals surface area contributed by atoms with Gasteiger partial charge in [-0.2, -0.15) is 0 Å². The predicted molar refractivity (Wildman–Crippen MR) is 51.5 cm³/mol. The number of aliphatic hydroxyl groups excluding tert-OH is 3. The Hall–Kier alpha value is 0.168. The van der Waals surface area contributed by atoms with Crippen molar-refractivity contribution in [3.63, 3.8) is 0 Å². The van der Waals surface area contributed by atoms with Crippen LogP contribution in [0.5, 0.6) is 0 Å². The molecule has 0 spiro atoms. The topological polar surface area (TPSA) is 191 Å². The number of aldehydes is 1. The van der Waals surface area contributed by atoms with Crippen molar-refractivity contribution in [1.29, 1.82) is 0 Å². The quantitative estimate of drug-likeness (QED) is 0.334. The van der Waals surface area contributed by atoms with E-state index in [0.717, 1.165) is 0 Å². The van der Waals surface area contributed by atoms with E-state index in [0.29, 0.717) is 0 Å². The Kier molecular flexibility index (Phi) is 13.9. The Balaban J connectivity index is -0.000000563. The van der Waals surface area contributed by atoms with Crippen LogP contribution in [0.4, 0.5) is 0 Å². The van der Waals surface area contributed by atoms with Gasteiger partial charge >= 0.3 is 85.9 Å². The van der Waals surface area contributed by atoms with Crippen molar-refractivity contribution in [2.24, 2.45) is 0 Å². The first-order valence-electron chi connectivity index (χ1n) is 3.65. The van der Waals surface area contributed by atoms with Crippen LogP contribution in [0.25, 0.3) is 0 Å². The van der Waals surface area contributed by atoms with Gasteiger partial charge in [-0.1, -0.05) is 0 Å². The molecule has 0 saturated carbocycles. The average molecular weight is 354 g/mol. The van der Waals surface area contributed by atoms with Crippen molar-refractivity contribution in [2.45, 2.75) is 24.4 Å². The summed E-state index contributed by atoms with van der Waals surface area (Å²) in [6.45, 7) is -0.289. The molecule has 4 unspecified atom stereocenters. The van der Waals surface area contributed by atoms with Gasteiger partial charge in [-0.25, -0.2) is 0 Å². The van der Waals surface area contributed by atoms with Gasteiger partial charge in [-0.05, 0) is 0 Å². The molecule has 0 amide bonds. The molecule has 1 saturated heterocycles. The normalized spacial score (nSPS) is 26.7. The Labute approximate surface area is 103 Å². The molecule has 1 rings (SSSR count). The summed E-state index contributed by atoms with van der Waals surface area (Å²) in [6, 6.07) is 0. The van der Waals surface area contributed by atoms with E-state index in [9.17, 15) is 9.90 Å². The van der Waals surface area contributed by atoms with Crippen LogP contribution in [0.15, 0.2) is 0 Å². The molecule has 4 atom stereocenters. The zero-order valence-electron chi connectivity index (χ0n) is 8.11. The number of carbonyl (C=O) groups excluding carboxylic acids is 1. The van der Waals surface area contributed by atoms with E-state index in [1.807, 2.05) is 0 Å². The molecule has 10 heteroatoms. The van der Waals surface area contributed by atoms with E-state index in [2.05, 4.69) is 0 Å². The molecular weight excluding hydrogens is 338 g/mol. The molecule has 1 heterocycles. The van der Waals surface area contributed by atoms with Crippen LogP contribution in [0.3, 0.4) is 0 Å². The fraction of sp³-hybridized carbons (Fsp3) is 0.833. The molecule has 0 aromatic rings. The van der Waals surface area contributed by atoms with Crippen LogP contribution in [-0.4, -0.2) is 91.5 Å². The van der Waals surface area contributed by atoms with Crippen LogP contribution < -0.4 is 0 Å². The average Bonchev–Trinajstić information content (AvgIpc) is 2.62. The summed E-state index contributed by atoms with van der Waals surface area (Å²) in [6.07, 6.45) is -4.00. The zero-order chi connectivity index (χ0) is 9.84. The van der Waals surface area contributed by atoms with Gasteiger partial charge in [0.15, 0.2) is 0 Å². The van der Waals surface area contributed by atoms with Gasteiger partial charge in [0.1, 0.15) is 0 Å². The van der Waals surface area contributed by atoms with Gasteiger partial charge in [0.25, 0.3) is 0 Å². The molecule has 1 fully saturated rings. The Morgan fingerprint density at radius 3 is 2.25 bits per heavy atom. The maximum atomic E-state index is 10.1. The van der Waals surface area contributed by atoms with Crippen LogP contribution in [0.2, 0.25) is 0 Å². The zero-order valence-corrected chi connectivity index (χ0v) is 10.7. The minimum absolute atomic E-state index is 0. The summed E-state index contributed by atoms with van der Waals surface area (Å²) in [5.41, 5.74) is 0. The van der Waals surface area contributed by atoms with Gasteiger partial charge in [-0.3, -0.25) is 0 Å². The van der Waals surface area contributed by atoms with Gasteiger partial charge in [0, 0.05) is 0 Å². The SMILES string of the molecule is O.O.O.O=CC(O)C(O)C1[O][Sb][O]C1CO. The first kappa shape index (κ1) is 21.5. The minimum atomic E-state index is -1.49. The molecule has 0 bridgehead atoms. The number of carbonyl (C=O) groups is 1. The number of aliphatic hydroxyl groups is 3. The third-order valence-corrected chi connectivity index (χ3v) is 3.67. The molecular formula is C6H16O9Sb. The summed E-state index contributed by atoms with van der Waals surface area (Å²) in [7, 11) is 0. The van der Waals surface area contributed by atoms with Crippen LogP contribution >= 0.6 is 0 Å². The van der Waals surface area contributed by atoms with Crippen molar-refractivity contribution in [2.75, 3.05) is 6.61 Å². The standard InChI is InChI=1S/C6H10O6.3H2O.Sb/c7-1-3(9)5(11)6(12)4(10)2-8;;;;/h1,3-6,8-9,11H,2H2;3*1H2;/q-2;;;;+2. The summed E-state index contributed by atoms with van der Waals surface area (Å²) >= 11 is -1.28. The Morgan fingerprint density at radius 1 is 1.25 bits per heavy atom. The van der Waals surface area contributed by atoms with E-state index in [4.69, 9.17) is 16.2 Å². The number of hydrogen-bond acceptors (Lipinski definition) is 6. The van der Waals surface area contributed by atoms with Crippen LogP contribution in [-0.2, 0) is 10.8 Å². The fourth-order valence-corrected chi connectivity index (χ4v) is 2.97. The predicted octanol–water partition coefficient (Wildman–Crippen LogP) is -5.26. The van der Waals surface area contributed by atoms with Gasteiger partial charge in [-0.15, -0.1) is 0 Å². The van der Waals surface area contributed by atoms with E-state index < -0.39 is 46.9 Å².